The molecule has 0 atom stereocenters. The molecular formula is C17H25N3O3. The Labute approximate surface area is 136 Å². The predicted molar refractivity (Wildman–Crippen MR) is 87.7 cm³/mol. The zero-order valence-electron chi connectivity index (χ0n) is 14.3. The van der Waals surface area contributed by atoms with Crippen LogP contribution < -0.4 is 5.32 Å². The number of aryl methyl sites for hydroxylation is 1. The van der Waals surface area contributed by atoms with Crippen LogP contribution in [0.2, 0.25) is 0 Å². The highest BCUT2D eigenvalue weighted by molar-refractivity contribution is 6.04. The van der Waals surface area contributed by atoms with Crippen LogP contribution in [0, 0.1) is 6.92 Å². The van der Waals surface area contributed by atoms with E-state index in [1.54, 1.807) is 6.92 Å². The van der Waals surface area contributed by atoms with Gasteiger partial charge in [-0.1, -0.05) is 0 Å². The zero-order valence-corrected chi connectivity index (χ0v) is 14.3. The van der Waals surface area contributed by atoms with Crippen molar-refractivity contribution in [1.29, 1.82) is 0 Å². The van der Waals surface area contributed by atoms with Crippen LogP contribution >= 0.6 is 0 Å². The van der Waals surface area contributed by atoms with Gasteiger partial charge in [-0.05, 0) is 46.1 Å². The zero-order chi connectivity index (χ0) is 17.1. The number of hydrogen-bond acceptors (Lipinski definition) is 3. The average molecular weight is 319 g/mol. The van der Waals surface area contributed by atoms with Gasteiger partial charge in [-0.25, -0.2) is 0 Å². The number of H-pyrrole nitrogens is 1. The second kappa shape index (κ2) is 6.98. The molecule has 1 aromatic heterocycles. The van der Waals surface area contributed by atoms with Crippen LogP contribution in [0.5, 0.6) is 0 Å². The molecule has 2 N–H and O–H groups in total. The van der Waals surface area contributed by atoms with Crippen molar-refractivity contribution in [2.75, 3.05) is 13.1 Å². The summed E-state index contributed by atoms with van der Waals surface area (Å²) in [4.78, 5) is 41.3. The van der Waals surface area contributed by atoms with Gasteiger partial charge >= 0.3 is 0 Å². The number of hydrogen-bond donors (Lipinski definition) is 2. The van der Waals surface area contributed by atoms with Crippen molar-refractivity contribution in [1.82, 2.24) is 15.2 Å². The molecule has 0 spiro atoms. The maximum absolute atomic E-state index is 12.7. The second-order valence-corrected chi connectivity index (χ2v) is 6.30. The number of fused-ring (bicyclic) bond motifs is 1. The van der Waals surface area contributed by atoms with Crippen LogP contribution in [-0.4, -0.2) is 46.6 Å². The summed E-state index contributed by atoms with van der Waals surface area (Å²) in [6, 6.07) is 0.0356. The summed E-state index contributed by atoms with van der Waals surface area (Å²) in [6.45, 7) is 7.85. The van der Waals surface area contributed by atoms with E-state index in [0.717, 1.165) is 18.5 Å². The molecule has 0 unspecified atom stereocenters. The maximum Gasteiger partial charge on any atom is 0.271 e. The molecular weight excluding hydrogens is 294 g/mol. The van der Waals surface area contributed by atoms with Crippen LogP contribution in [-0.2, 0) is 11.2 Å². The van der Waals surface area contributed by atoms with E-state index in [0.29, 0.717) is 29.8 Å². The Morgan fingerprint density at radius 2 is 2.00 bits per heavy atom. The number of ketones is 1. The Morgan fingerprint density at radius 1 is 1.30 bits per heavy atom. The highest BCUT2D eigenvalue weighted by Crippen LogP contribution is 2.27. The van der Waals surface area contributed by atoms with E-state index in [-0.39, 0.29) is 30.2 Å². The number of likely N-dealkylation sites (N-methyl/N-ethyl adjacent to an activating group) is 1. The lowest BCUT2D eigenvalue weighted by Crippen LogP contribution is -2.42. The lowest BCUT2D eigenvalue weighted by atomic mass is 9.94. The van der Waals surface area contributed by atoms with Gasteiger partial charge in [-0.3, -0.25) is 14.4 Å². The normalized spacial score (nSPS) is 13.9. The van der Waals surface area contributed by atoms with Gasteiger partial charge < -0.3 is 15.2 Å². The van der Waals surface area contributed by atoms with E-state index < -0.39 is 0 Å². The molecule has 0 saturated carbocycles. The van der Waals surface area contributed by atoms with E-state index in [1.165, 1.54) is 4.90 Å². The van der Waals surface area contributed by atoms with Crippen molar-refractivity contribution in [3.63, 3.8) is 0 Å². The summed E-state index contributed by atoms with van der Waals surface area (Å²) in [5, 5.41) is 2.79. The fourth-order valence-electron chi connectivity index (χ4n) is 3.01. The Morgan fingerprint density at radius 3 is 2.57 bits per heavy atom. The third-order valence-electron chi connectivity index (χ3n) is 4.10. The van der Waals surface area contributed by atoms with Gasteiger partial charge in [-0.2, -0.15) is 0 Å². The molecule has 0 saturated heterocycles. The largest absolute Gasteiger partial charge is 0.354 e. The second-order valence-electron chi connectivity index (χ2n) is 6.30. The molecule has 1 aliphatic rings. The minimum Gasteiger partial charge on any atom is -0.354 e. The monoisotopic (exact) mass is 319 g/mol. The van der Waals surface area contributed by atoms with Gasteiger partial charge in [0.05, 0.1) is 6.54 Å². The first-order chi connectivity index (χ1) is 10.8. The molecule has 1 heterocycles. The van der Waals surface area contributed by atoms with Crippen molar-refractivity contribution >= 4 is 17.6 Å². The number of aromatic nitrogens is 1. The summed E-state index contributed by atoms with van der Waals surface area (Å²) in [5.41, 5.74) is 2.66. The predicted octanol–water partition coefficient (Wildman–Crippen LogP) is 1.83. The van der Waals surface area contributed by atoms with Crippen molar-refractivity contribution < 1.29 is 14.4 Å². The van der Waals surface area contributed by atoms with Crippen molar-refractivity contribution in [2.45, 2.75) is 53.0 Å². The molecule has 0 aliphatic heterocycles. The minimum atomic E-state index is -0.230. The molecule has 23 heavy (non-hydrogen) atoms. The van der Waals surface area contributed by atoms with Crippen LogP contribution in [0.25, 0.3) is 0 Å². The summed E-state index contributed by atoms with van der Waals surface area (Å²) in [5.74, 6) is -0.314. The molecule has 2 rings (SSSR count). The van der Waals surface area contributed by atoms with Crippen LogP contribution in [0.15, 0.2) is 0 Å². The van der Waals surface area contributed by atoms with E-state index in [4.69, 9.17) is 0 Å². The summed E-state index contributed by atoms with van der Waals surface area (Å²) >= 11 is 0. The molecule has 0 aromatic carbocycles. The highest BCUT2D eigenvalue weighted by Gasteiger charge is 2.28. The van der Waals surface area contributed by atoms with Crippen molar-refractivity contribution in [2.24, 2.45) is 0 Å². The van der Waals surface area contributed by atoms with Crippen LogP contribution in [0.3, 0.4) is 0 Å². The van der Waals surface area contributed by atoms with Crippen LogP contribution in [0.1, 0.15) is 65.7 Å². The highest BCUT2D eigenvalue weighted by atomic mass is 16.2. The fraction of sp³-hybridized carbons (Fsp3) is 0.588. The van der Waals surface area contributed by atoms with E-state index in [1.807, 2.05) is 20.8 Å². The van der Waals surface area contributed by atoms with Crippen LogP contribution in [0.4, 0.5) is 0 Å². The van der Waals surface area contributed by atoms with Gasteiger partial charge in [0, 0.05) is 30.3 Å². The minimum absolute atomic E-state index is 0.0184. The topological polar surface area (TPSA) is 82.3 Å². The van der Waals surface area contributed by atoms with E-state index in [2.05, 4.69) is 10.3 Å². The van der Waals surface area contributed by atoms with Gasteiger partial charge in [0.15, 0.2) is 5.78 Å². The number of carbonyl (C=O) groups excluding carboxylic acids is 3. The molecule has 6 heteroatoms. The molecule has 0 bridgehead atoms. The quantitative estimate of drug-likeness (QED) is 0.868. The first-order valence-corrected chi connectivity index (χ1v) is 8.18. The Kier molecular flexibility index (Phi) is 5.23. The third kappa shape index (κ3) is 3.63. The Balaban J connectivity index is 2.21. The summed E-state index contributed by atoms with van der Waals surface area (Å²) in [7, 11) is 0. The molecule has 6 nitrogen and oxygen atoms in total. The molecule has 2 amide bonds. The fourth-order valence-corrected chi connectivity index (χ4v) is 3.01. The third-order valence-corrected chi connectivity index (χ3v) is 4.10. The number of nitrogens with zero attached hydrogens (tertiary/aromatic N) is 1. The summed E-state index contributed by atoms with van der Waals surface area (Å²) < 4.78 is 0. The van der Waals surface area contributed by atoms with Gasteiger partial charge in [-0.15, -0.1) is 0 Å². The molecule has 0 radical (unpaired) electrons. The van der Waals surface area contributed by atoms with E-state index >= 15 is 0 Å². The molecule has 1 aromatic rings. The van der Waals surface area contributed by atoms with E-state index in [9.17, 15) is 14.4 Å². The Hall–Kier alpha value is -2.11. The number of rotatable bonds is 5. The number of amides is 2. The van der Waals surface area contributed by atoms with Crippen molar-refractivity contribution in [3.8, 4) is 0 Å². The smallest absolute Gasteiger partial charge is 0.271 e. The van der Waals surface area contributed by atoms with Gasteiger partial charge in [0.25, 0.3) is 5.91 Å². The lowest BCUT2D eigenvalue weighted by Gasteiger charge is -2.21. The SMILES string of the molecule is CCN(CC(=O)NC(C)C)C(=O)c1[nH]c2c(c1C)C(=O)CCC2. The number of Topliss-reactive ketones (excluding diaryl/α,β-unsaturated/α-hetero) is 1. The van der Waals surface area contributed by atoms with Crippen molar-refractivity contribution in [3.05, 3.63) is 22.5 Å². The number of aromatic amines is 1. The van der Waals surface area contributed by atoms with Gasteiger partial charge in [0.1, 0.15) is 5.69 Å². The maximum atomic E-state index is 12.7. The first kappa shape index (κ1) is 17.2. The first-order valence-electron chi connectivity index (χ1n) is 8.18. The molecule has 0 fully saturated rings. The number of nitrogens with one attached hydrogen (secondary N) is 2. The Bertz CT molecular complexity index is 631. The average Bonchev–Trinajstić information content (AvgIpc) is 2.81. The standard InChI is InChI=1S/C17H25N3O3/c1-5-20(9-14(22)18-10(2)3)17(23)16-11(4)15-12(19-16)7-6-8-13(15)21/h10,19H,5-9H2,1-4H3,(H,18,22). The summed E-state index contributed by atoms with van der Waals surface area (Å²) in [6.07, 6.45) is 2.14. The van der Waals surface area contributed by atoms with Gasteiger partial charge in [0.2, 0.25) is 5.91 Å². The lowest BCUT2D eigenvalue weighted by molar-refractivity contribution is -0.122. The number of carbonyl (C=O) groups is 3. The molecule has 126 valence electrons. The molecule has 1 aliphatic carbocycles.